The molecule has 0 amide bonds. The number of aromatic nitrogens is 4. The summed E-state index contributed by atoms with van der Waals surface area (Å²) in [6.07, 6.45) is -4.89. The minimum Gasteiger partial charge on any atom is -0.394 e. The zero-order valence-corrected chi connectivity index (χ0v) is 16.1. The Morgan fingerprint density at radius 1 is 1.13 bits per heavy atom. The smallest absolute Gasteiger partial charge is 0.280 e. The van der Waals surface area contributed by atoms with Gasteiger partial charge in [-0.1, -0.05) is 30.3 Å². The van der Waals surface area contributed by atoms with Crippen molar-refractivity contribution in [2.75, 3.05) is 17.7 Å². The normalized spacial score (nSPS) is 23.6. The van der Waals surface area contributed by atoms with Crippen LogP contribution in [0.15, 0.2) is 47.3 Å². The molecule has 5 rings (SSSR count). The van der Waals surface area contributed by atoms with Crippen molar-refractivity contribution in [2.45, 2.75) is 24.5 Å². The number of aromatic amines is 1. The predicted molar refractivity (Wildman–Crippen MR) is 113 cm³/mol. The fourth-order valence-corrected chi connectivity index (χ4v) is 3.82. The van der Waals surface area contributed by atoms with Gasteiger partial charge in [0.2, 0.25) is 11.9 Å². The molecular formula is C20H20N6O5. The maximum Gasteiger partial charge on any atom is 0.280 e. The van der Waals surface area contributed by atoms with Gasteiger partial charge in [-0.3, -0.25) is 14.3 Å². The summed E-state index contributed by atoms with van der Waals surface area (Å²) >= 11 is 0. The van der Waals surface area contributed by atoms with Crippen molar-refractivity contribution < 1.29 is 20.1 Å². The molecule has 4 aromatic rings. The zero-order chi connectivity index (χ0) is 21.7. The summed E-state index contributed by atoms with van der Waals surface area (Å²) in [5.41, 5.74) is 5.87. The van der Waals surface area contributed by atoms with Crippen LogP contribution in [0.2, 0.25) is 0 Å². The SMILES string of the molecule is Nc1nc2c(nc(Nc3ccc4ccccc4c3)n2[C@@H]2O[C@H](CO)[C@@H](O)[C@H]2O)c(=O)[nH]1. The van der Waals surface area contributed by atoms with E-state index in [-0.39, 0.29) is 23.1 Å². The molecular weight excluding hydrogens is 404 g/mol. The lowest BCUT2D eigenvalue weighted by Gasteiger charge is -2.20. The number of anilines is 3. The van der Waals surface area contributed by atoms with Crippen LogP contribution in [0.1, 0.15) is 6.23 Å². The lowest BCUT2D eigenvalue weighted by molar-refractivity contribution is -0.0501. The second kappa shape index (κ2) is 7.32. The van der Waals surface area contributed by atoms with Gasteiger partial charge in [-0.25, -0.2) is 4.98 Å². The summed E-state index contributed by atoms with van der Waals surface area (Å²) < 4.78 is 7.02. The highest BCUT2D eigenvalue weighted by atomic mass is 16.6. The Bertz CT molecular complexity index is 1330. The monoisotopic (exact) mass is 424 g/mol. The van der Waals surface area contributed by atoms with Crippen molar-refractivity contribution in [1.82, 2.24) is 19.5 Å². The van der Waals surface area contributed by atoms with E-state index in [1.165, 1.54) is 4.57 Å². The number of rotatable bonds is 4. The van der Waals surface area contributed by atoms with E-state index in [1.54, 1.807) is 0 Å². The molecule has 3 heterocycles. The molecule has 0 bridgehead atoms. The Morgan fingerprint density at radius 3 is 2.65 bits per heavy atom. The molecule has 11 nitrogen and oxygen atoms in total. The maximum absolute atomic E-state index is 12.4. The van der Waals surface area contributed by atoms with Gasteiger partial charge < -0.3 is 31.1 Å². The van der Waals surface area contributed by atoms with Crippen molar-refractivity contribution in [1.29, 1.82) is 0 Å². The molecule has 1 fully saturated rings. The lowest BCUT2D eigenvalue weighted by atomic mass is 10.1. The number of aliphatic hydroxyl groups excluding tert-OH is 3. The van der Waals surface area contributed by atoms with Crippen molar-refractivity contribution in [3.63, 3.8) is 0 Å². The van der Waals surface area contributed by atoms with Crippen molar-refractivity contribution in [2.24, 2.45) is 0 Å². The average molecular weight is 424 g/mol. The summed E-state index contributed by atoms with van der Waals surface area (Å²) in [6, 6.07) is 13.5. The van der Waals surface area contributed by atoms with Gasteiger partial charge in [-0.05, 0) is 22.9 Å². The molecule has 7 N–H and O–H groups in total. The molecule has 1 aliphatic rings. The number of nitrogen functional groups attached to an aromatic ring is 1. The molecule has 160 valence electrons. The molecule has 2 aromatic heterocycles. The van der Waals surface area contributed by atoms with Gasteiger partial charge in [-0.15, -0.1) is 0 Å². The summed E-state index contributed by atoms with van der Waals surface area (Å²) in [7, 11) is 0. The molecule has 1 saturated heterocycles. The minimum atomic E-state index is -1.39. The van der Waals surface area contributed by atoms with Crippen LogP contribution in [0.25, 0.3) is 21.9 Å². The van der Waals surface area contributed by atoms with Crippen LogP contribution in [-0.4, -0.2) is 59.8 Å². The number of ether oxygens (including phenoxy) is 1. The largest absolute Gasteiger partial charge is 0.394 e. The molecule has 4 atom stereocenters. The minimum absolute atomic E-state index is 0.0183. The highest BCUT2D eigenvalue weighted by Crippen LogP contribution is 2.35. The van der Waals surface area contributed by atoms with Crippen molar-refractivity contribution in [3.05, 3.63) is 52.8 Å². The third kappa shape index (κ3) is 3.20. The van der Waals surface area contributed by atoms with Crippen LogP contribution in [0.3, 0.4) is 0 Å². The van der Waals surface area contributed by atoms with Crippen LogP contribution < -0.4 is 16.6 Å². The van der Waals surface area contributed by atoms with E-state index < -0.39 is 36.7 Å². The van der Waals surface area contributed by atoms with Crippen LogP contribution in [0.5, 0.6) is 0 Å². The van der Waals surface area contributed by atoms with Crippen molar-refractivity contribution >= 4 is 39.5 Å². The highest BCUT2D eigenvalue weighted by Gasteiger charge is 2.45. The topological polar surface area (TPSA) is 172 Å². The van der Waals surface area contributed by atoms with Gasteiger partial charge in [0.25, 0.3) is 5.56 Å². The Labute approximate surface area is 174 Å². The van der Waals surface area contributed by atoms with E-state index in [1.807, 2.05) is 42.5 Å². The first-order valence-electron chi connectivity index (χ1n) is 9.62. The standard InChI is InChI=1S/C20H20N6O5/c21-19-24-16-13(17(30)25-19)23-20(26(16)18-15(29)14(28)12(8-27)31-18)22-11-6-5-9-3-1-2-4-10(9)7-11/h1-7,12,14-15,18,27-29H,8H2,(H,22,23)(H3,21,24,25,30)/t12-,14-,15-,18-/m1/s1. The van der Waals surface area contributed by atoms with Gasteiger partial charge in [-0.2, -0.15) is 4.98 Å². The van der Waals surface area contributed by atoms with E-state index in [4.69, 9.17) is 10.5 Å². The number of H-pyrrole nitrogens is 1. The number of imidazole rings is 1. The van der Waals surface area contributed by atoms with E-state index in [9.17, 15) is 20.1 Å². The number of hydrogen-bond donors (Lipinski definition) is 6. The Kier molecular flexibility index (Phi) is 4.59. The molecule has 0 radical (unpaired) electrons. The second-order valence-corrected chi connectivity index (χ2v) is 7.34. The Hall–Kier alpha value is -3.51. The Balaban J connectivity index is 1.65. The first-order chi connectivity index (χ1) is 15.0. The molecule has 11 heteroatoms. The van der Waals surface area contributed by atoms with Crippen LogP contribution in [0.4, 0.5) is 17.6 Å². The Morgan fingerprint density at radius 2 is 1.90 bits per heavy atom. The number of hydrogen-bond acceptors (Lipinski definition) is 9. The number of nitrogens with one attached hydrogen (secondary N) is 2. The lowest BCUT2D eigenvalue weighted by Crippen LogP contribution is -2.33. The highest BCUT2D eigenvalue weighted by molar-refractivity contribution is 5.86. The van der Waals surface area contributed by atoms with E-state index in [2.05, 4.69) is 20.3 Å². The van der Waals surface area contributed by atoms with Gasteiger partial charge in [0, 0.05) is 5.69 Å². The molecule has 0 aliphatic carbocycles. The summed E-state index contributed by atoms with van der Waals surface area (Å²) in [6.45, 7) is -0.495. The van der Waals surface area contributed by atoms with Crippen LogP contribution in [-0.2, 0) is 4.74 Å². The fourth-order valence-electron chi connectivity index (χ4n) is 3.82. The second-order valence-electron chi connectivity index (χ2n) is 7.34. The number of nitrogens with two attached hydrogens (primary N) is 1. The third-order valence-corrected chi connectivity index (χ3v) is 5.35. The van der Waals surface area contributed by atoms with Gasteiger partial charge in [0.1, 0.15) is 18.3 Å². The van der Waals surface area contributed by atoms with Crippen LogP contribution >= 0.6 is 0 Å². The molecule has 0 unspecified atom stereocenters. The van der Waals surface area contributed by atoms with Gasteiger partial charge in [0.15, 0.2) is 17.4 Å². The molecule has 1 aliphatic heterocycles. The van der Waals surface area contributed by atoms with Gasteiger partial charge in [0.05, 0.1) is 6.61 Å². The number of fused-ring (bicyclic) bond motifs is 2. The summed E-state index contributed by atoms with van der Waals surface area (Å²) in [5, 5.41) is 35.4. The first kappa shape index (κ1) is 19.5. The first-order valence-corrected chi connectivity index (χ1v) is 9.62. The van der Waals surface area contributed by atoms with Crippen LogP contribution in [0, 0.1) is 0 Å². The third-order valence-electron chi connectivity index (χ3n) is 5.35. The summed E-state index contributed by atoms with van der Waals surface area (Å²) in [4.78, 5) is 23.3. The van der Waals surface area contributed by atoms with E-state index in [0.29, 0.717) is 5.69 Å². The number of benzene rings is 2. The maximum atomic E-state index is 12.4. The average Bonchev–Trinajstić information content (AvgIpc) is 3.25. The van der Waals surface area contributed by atoms with E-state index in [0.717, 1.165) is 10.8 Å². The molecule has 2 aromatic carbocycles. The number of aliphatic hydroxyl groups is 3. The van der Waals surface area contributed by atoms with E-state index >= 15 is 0 Å². The molecule has 31 heavy (non-hydrogen) atoms. The molecule has 0 spiro atoms. The quantitative estimate of drug-likeness (QED) is 0.268. The number of nitrogens with zero attached hydrogens (tertiary/aromatic N) is 3. The fraction of sp³-hybridized carbons (Fsp3) is 0.250. The summed E-state index contributed by atoms with van der Waals surface area (Å²) in [5.74, 6) is 0.0198. The van der Waals surface area contributed by atoms with Gasteiger partial charge >= 0.3 is 0 Å². The zero-order valence-electron chi connectivity index (χ0n) is 16.1. The molecule has 0 saturated carbocycles. The van der Waals surface area contributed by atoms with Crippen molar-refractivity contribution in [3.8, 4) is 0 Å². The predicted octanol–water partition coefficient (Wildman–Crippen LogP) is 0.210.